The fourth-order valence-electron chi connectivity index (χ4n) is 3.48. The fraction of sp³-hybridized carbons (Fsp3) is 0.300. The Labute approximate surface area is 157 Å². The summed E-state index contributed by atoms with van der Waals surface area (Å²) in [7, 11) is 0. The Bertz CT molecular complexity index is 894. The monoisotopic (exact) mass is 368 g/mol. The van der Waals surface area contributed by atoms with E-state index >= 15 is 0 Å². The van der Waals surface area contributed by atoms with E-state index in [0.29, 0.717) is 11.9 Å². The summed E-state index contributed by atoms with van der Waals surface area (Å²) in [6, 6.07) is 13.9. The van der Waals surface area contributed by atoms with E-state index in [9.17, 15) is 5.11 Å². The Morgan fingerprint density at radius 2 is 2.15 bits per heavy atom. The van der Waals surface area contributed by atoms with Gasteiger partial charge in [0, 0.05) is 22.8 Å². The first-order valence-corrected chi connectivity index (χ1v) is 9.27. The summed E-state index contributed by atoms with van der Waals surface area (Å²) in [4.78, 5) is 4.28. The molecule has 2 N–H and O–H groups in total. The summed E-state index contributed by atoms with van der Waals surface area (Å²) in [5, 5.41) is 19.5. The van der Waals surface area contributed by atoms with Crippen molar-refractivity contribution in [3.8, 4) is 11.7 Å². The third-order valence-electron chi connectivity index (χ3n) is 4.82. The Kier molecular flexibility index (Phi) is 4.91. The van der Waals surface area contributed by atoms with Crippen LogP contribution in [0.3, 0.4) is 0 Å². The zero-order valence-electron chi connectivity index (χ0n) is 14.4. The van der Waals surface area contributed by atoms with Gasteiger partial charge in [-0.25, -0.2) is 4.98 Å². The van der Waals surface area contributed by atoms with Crippen LogP contribution < -0.4 is 5.32 Å². The smallest absolute Gasteiger partial charge is 0.219 e. The van der Waals surface area contributed by atoms with Crippen LogP contribution >= 0.6 is 11.6 Å². The average Bonchev–Trinajstić information content (AvgIpc) is 2.99. The molecule has 4 rings (SSSR count). The van der Waals surface area contributed by atoms with Crippen LogP contribution in [0.4, 0.5) is 0 Å². The molecule has 2 aromatic heterocycles. The molecule has 134 valence electrons. The molecule has 0 radical (unpaired) electrons. The predicted octanol–water partition coefficient (Wildman–Crippen LogP) is 3.32. The predicted molar refractivity (Wildman–Crippen MR) is 102 cm³/mol. The number of hydrogen-bond acceptors (Lipinski definition) is 4. The van der Waals surface area contributed by atoms with E-state index in [4.69, 9.17) is 11.6 Å². The molecule has 5 nitrogen and oxygen atoms in total. The number of benzene rings is 1. The van der Waals surface area contributed by atoms with Gasteiger partial charge in [-0.05, 0) is 62.1 Å². The Morgan fingerprint density at radius 1 is 1.23 bits per heavy atom. The number of aromatic hydroxyl groups is 1. The van der Waals surface area contributed by atoms with E-state index in [0.717, 1.165) is 48.5 Å². The van der Waals surface area contributed by atoms with Crippen molar-refractivity contribution < 1.29 is 5.11 Å². The van der Waals surface area contributed by atoms with Crippen molar-refractivity contribution in [3.05, 3.63) is 70.5 Å². The number of nitrogens with zero attached hydrogens (tertiary/aromatic N) is 3. The van der Waals surface area contributed by atoms with Gasteiger partial charge < -0.3 is 10.4 Å². The second-order valence-corrected chi connectivity index (χ2v) is 7.06. The molecule has 6 heteroatoms. The average molecular weight is 369 g/mol. The van der Waals surface area contributed by atoms with Crippen molar-refractivity contribution in [1.82, 2.24) is 20.1 Å². The highest BCUT2D eigenvalue weighted by molar-refractivity contribution is 6.30. The van der Waals surface area contributed by atoms with Gasteiger partial charge in [-0.15, -0.1) is 0 Å². The minimum Gasteiger partial charge on any atom is -0.493 e. The lowest BCUT2D eigenvalue weighted by Crippen LogP contribution is -2.35. The van der Waals surface area contributed by atoms with Crippen LogP contribution in [0.2, 0.25) is 5.02 Å². The van der Waals surface area contributed by atoms with Gasteiger partial charge in [0.25, 0.3) is 0 Å². The summed E-state index contributed by atoms with van der Waals surface area (Å²) in [6.07, 6.45) is 5.29. The molecule has 1 aromatic carbocycles. The molecule has 3 aromatic rings. The zero-order valence-corrected chi connectivity index (χ0v) is 15.2. The maximum absolute atomic E-state index is 10.6. The third kappa shape index (κ3) is 3.59. The van der Waals surface area contributed by atoms with Gasteiger partial charge >= 0.3 is 0 Å². The largest absolute Gasteiger partial charge is 0.493 e. The second kappa shape index (κ2) is 7.48. The van der Waals surface area contributed by atoms with E-state index in [-0.39, 0.29) is 5.88 Å². The van der Waals surface area contributed by atoms with Gasteiger partial charge in [0.05, 0.1) is 5.69 Å². The SMILES string of the molecule is Oc1c2c(nn1-c1ccccn1)CCC(NCCc1cccc(Cl)c1)C2. The minimum atomic E-state index is 0.208. The third-order valence-corrected chi connectivity index (χ3v) is 5.06. The van der Waals surface area contributed by atoms with Crippen molar-refractivity contribution in [2.45, 2.75) is 31.7 Å². The Morgan fingerprint density at radius 3 is 2.96 bits per heavy atom. The highest BCUT2D eigenvalue weighted by atomic mass is 35.5. The summed E-state index contributed by atoms with van der Waals surface area (Å²) < 4.78 is 1.54. The molecule has 0 aliphatic heterocycles. The van der Waals surface area contributed by atoms with Crippen LogP contribution in [0.5, 0.6) is 5.88 Å². The molecule has 0 amide bonds. The lowest BCUT2D eigenvalue weighted by Gasteiger charge is -2.22. The van der Waals surface area contributed by atoms with Crippen LogP contribution in [-0.4, -0.2) is 32.5 Å². The number of fused-ring (bicyclic) bond motifs is 1. The maximum Gasteiger partial charge on any atom is 0.219 e. The van der Waals surface area contributed by atoms with Gasteiger partial charge in [0.1, 0.15) is 0 Å². The van der Waals surface area contributed by atoms with Gasteiger partial charge in [-0.3, -0.25) is 0 Å². The first kappa shape index (κ1) is 17.1. The molecule has 1 aliphatic rings. The van der Waals surface area contributed by atoms with Gasteiger partial charge in [-0.2, -0.15) is 9.78 Å². The molecule has 1 atom stereocenters. The van der Waals surface area contributed by atoms with E-state index in [1.807, 2.05) is 36.4 Å². The van der Waals surface area contributed by atoms with Crippen LogP contribution in [0, 0.1) is 0 Å². The van der Waals surface area contributed by atoms with Crippen molar-refractivity contribution >= 4 is 11.6 Å². The number of halogens is 1. The van der Waals surface area contributed by atoms with Gasteiger partial charge in [0.2, 0.25) is 5.88 Å². The molecule has 0 saturated carbocycles. The molecule has 0 saturated heterocycles. The number of aromatic nitrogens is 3. The van der Waals surface area contributed by atoms with Crippen molar-refractivity contribution in [3.63, 3.8) is 0 Å². The highest BCUT2D eigenvalue weighted by Crippen LogP contribution is 2.30. The standard InChI is InChI=1S/C20H21ClN4O/c21-15-5-3-4-14(12-15)9-11-22-16-7-8-18-17(13-16)20(26)25(24-18)19-6-1-2-10-23-19/h1-6,10,12,16,22,26H,7-9,11,13H2. The van der Waals surface area contributed by atoms with Crippen LogP contribution in [0.15, 0.2) is 48.7 Å². The van der Waals surface area contributed by atoms with Crippen molar-refractivity contribution in [1.29, 1.82) is 0 Å². The van der Waals surface area contributed by atoms with Gasteiger partial charge in [0.15, 0.2) is 5.82 Å². The van der Waals surface area contributed by atoms with Crippen molar-refractivity contribution in [2.75, 3.05) is 6.54 Å². The highest BCUT2D eigenvalue weighted by Gasteiger charge is 2.26. The molecule has 1 aliphatic carbocycles. The molecule has 1 unspecified atom stereocenters. The number of nitrogens with one attached hydrogen (secondary N) is 1. The number of hydrogen-bond donors (Lipinski definition) is 2. The lowest BCUT2D eigenvalue weighted by molar-refractivity contribution is 0.413. The Balaban J connectivity index is 1.41. The zero-order chi connectivity index (χ0) is 17.9. The lowest BCUT2D eigenvalue weighted by atomic mass is 9.93. The summed E-state index contributed by atoms with van der Waals surface area (Å²) in [6.45, 7) is 0.884. The fourth-order valence-corrected chi connectivity index (χ4v) is 3.69. The Hall–Kier alpha value is -2.37. The van der Waals surface area contributed by atoms with Crippen LogP contribution in [0.25, 0.3) is 5.82 Å². The summed E-state index contributed by atoms with van der Waals surface area (Å²) in [5.74, 6) is 0.852. The van der Waals surface area contributed by atoms with Gasteiger partial charge in [-0.1, -0.05) is 29.8 Å². The quantitative estimate of drug-likeness (QED) is 0.725. The molecular formula is C20H21ClN4O. The first-order valence-electron chi connectivity index (χ1n) is 8.89. The van der Waals surface area contributed by atoms with E-state index in [1.165, 1.54) is 5.56 Å². The summed E-state index contributed by atoms with van der Waals surface area (Å²) >= 11 is 6.04. The van der Waals surface area contributed by atoms with Crippen molar-refractivity contribution in [2.24, 2.45) is 0 Å². The normalized spacial score (nSPS) is 16.4. The number of aryl methyl sites for hydroxylation is 1. The van der Waals surface area contributed by atoms with E-state index in [2.05, 4.69) is 21.5 Å². The number of pyridine rings is 1. The molecule has 26 heavy (non-hydrogen) atoms. The molecule has 0 bridgehead atoms. The first-order chi connectivity index (χ1) is 12.7. The molecule has 0 spiro atoms. The molecular weight excluding hydrogens is 348 g/mol. The molecule has 2 heterocycles. The second-order valence-electron chi connectivity index (χ2n) is 6.62. The van der Waals surface area contributed by atoms with E-state index < -0.39 is 0 Å². The van der Waals surface area contributed by atoms with Crippen LogP contribution in [-0.2, 0) is 19.3 Å². The topological polar surface area (TPSA) is 63.0 Å². The maximum atomic E-state index is 10.6. The summed E-state index contributed by atoms with van der Waals surface area (Å²) in [5.41, 5.74) is 3.13. The van der Waals surface area contributed by atoms with E-state index in [1.54, 1.807) is 10.9 Å². The van der Waals surface area contributed by atoms with Crippen LogP contribution in [0.1, 0.15) is 23.2 Å². The minimum absolute atomic E-state index is 0.208. The number of rotatable bonds is 5. The molecule has 0 fully saturated rings.